The first-order chi connectivity index (χ1) is 9.19. The molecule has 0 bridgehead atoms. The van der Waals surface area contributed by atoms with Crippen LogP contribution in [0.25, 0.3) is 0 Å². The Morgan fingerprint density at radius 3 is 2.63 bits per heavy atom. The van der Waals surface area contributed by atoms with Gasteiger partial charge in [0.2, 0.25) is 5.91 Å². The molecule has 108 valence electrons. The standard InChI is InChI=1S/C16H27NO2/c1-4-11-17(15(18)5-2)13-12-14(19-6-3)16(13)9-7-8-10-16/h5,13-14H,2,4,6-12H2,1,3H3/t13-,14-/m1/s1. The van der Waals surface area contributed by atoms with Gasteiger partial charge in [0, 0.05) is 24.6 Å². The lowest BCUT2D eigenvalue weighted by atomic mass is 9.60. The van der Waals surface area contributed by atoms with Gasteiger partial charge in [0.15, 0.2) is 0 Å². The first-order valence-electron chi connectivity index (χ1n) is 7.74. The lowest BCUT2D eigenvalue weighted by Gasteiger charge is -2.57. The average Bonchev–Trinajstić information content (AvgIpc) is 2.92. The van der Waals surface area contributed by atoms with Crippen molar-refractivity contribution in [3.05, 3.63) is 12.7 Å². The lowest BCUT2D eigenvalue weighted by molar-refractivity contribution is -0.173. The number of nitrogens with zero attached hydrogens (tertiary/aromatic N) is 1. The Bertz CT molecular complexity index is 334. The summed E-state index contributed by atoms with van der Waals surface area (Å²) < 4.78 is 5.92. The normalized spacial score (nSPS) is 28.1. The van der Waals surface area contributed by atoms with Crippen molar-refractivity contribution in [2.75, 3.05) is 13.2 Å². The van der Waals surface area contributed by atoms with E-state index in [9.17, 15) is 4.79 Å². The predicted molar refractivity (Wildman–Crippen MR) is 76.9 cm³/mol. The number of hydrogen-bond donors (Lipinski definition) is 0. The third-order valence-electron chi connectivity index (χ3n) is 4.94. The first-order valence-corrected chi connectivity index (χ1v) is 7.74. The fraction of sp³-hybridized carbons (Fsp3) is 0.812. The van der Waals surface area contributed by atoms with Crippen LogP contribution in [0.4, 0.5) is 0 Å². The maximum atomic E-state index is 12.1. The zero-order chi connectivity index (χ0) is 13.9. The van der Waals surface area contributed by atoms with Gasteiger partial charge in [-0.05, 0) is 38.7 Å². The van der Waals surface area contributed by atoms with Gasteiger partial charge in [0.05, 0.1) is 6.10 Å². The van der Waals surface area contributed by atoms with E-state index in [-0.39, 0.29) is 11.3 Å². The Morgan fingerprint density at radius 2 is 2.11 bits per heavy atom. The van der Waals surface area contributed by atoms with Gasteiger partial charge in [-0.1, -0.05) is 26.3 Å². The third kappa shape index (κ3) is 2.45. The summed E-state index contributed by atoms with van der Waals surface area (Å²) in [7, 11) is 0. The Hall–Kier alpha value is -0.830. The van der Waals surface area contributed by atoms with Crippen LogP contribution in [0, 0.1) is 5.41 Å². The van der Waals surface area contributed by atoms with Crippen LogP contribution in [-0.2, 0) is 9.53 Å². The van der Waals surface area contributed by atoms with Crippen LogP contribution >= 0.6 is 0 Å². The minimum atomic E-state index is 0.0908. The van der Waals surface area contributed by atoms with Crippen molar-refractivity contribution in [2.24, 2.45) is 5.41 Å². The summed E-state index contributed by atoms with van der Waals surface area (Å²) in [6.45, 7) is 9.47. The summed E-state index contributed by atoms with van der Waals surface area (Å²) in [5.41, 5.74) is 0.240. The molecule has 0 saturated heterocycles. The van der Waals surface area contributed by atoms with Gasteiger partial charge in [0.25, 0.3) is 0 Å². The highest BCUT2D eigenvalue weighted by molar-refractivity contribution is 5.87. The van der Waals surface area contributed by atoms with Crippen molar-refractivity contribution < 1.29 is 9.53 Å². The number of rotatable bonds is 6. The van der Waals surface area contributed by atoms with Gasteiger partial charge >= 0.3 is 0 Å². The summed E-state index contributed by atoms with van der Waals surface area (Å²) in [6.07, 6.45) is 8.83. The van der Waals surface area contributed by atoms with E-state index in [1.54, 1.807) is 0 Å². The van der Waals surface area contributed by atoms with Crippen LogP contribution < -0.4 is 0 Å². The Balaban J connectivity index is 2.14. The highest BCUT2D eigenvalue weighted by Gasteiger charge is 2.59. The van der Waals surface area contributed by atoms with Crippen molar-refractivity contribution in [1.29, 1.82) is 0 Å². The maximum Gasteiger partial charge on any atom is 0.246 e. The molecule has 0 aliphatic heterocycles. The summed E-state index contributed by atoms with van der Waals surface area (Å²) in [5.74, 6) is 0.0908. The van der Waals surface area contributed by atoms with E-state index < -0.39 is 0 Å². The van der Waals surface area contributed by atoms with Crippen LogP contribution in [0.15, 0.2) is 12.7 Å². The van der Waals surface area contributed by atoms with E-state index >= 15 is 0 Å². The summed E-state index contributed by atoms with van der Waals surface area (Å²) in [4.78, 5) is 14.2. The molecule has 2 aliphatic rings. The smallest absolute Gasteiger partial charge is 0.246 e. The molecule has 0 heterocycles. The number of carbonyl (C=O) groups excluding carboxylic acids is 1. The van der Waals surface area contributed by atoms with Crippen molar-refractivity contribution in [3.63, 3.8) is 0 Å². The van der Waals surface area contributed by atoms with E-state index in [1.807, 2.05) is 4.90 Å². The number of carbonyl (C=O) groups is 1. The summed E-state index contributed by atoms with van der Waals surface area (Å²) in [5, 5.41) is 0. The van der Waals surface area contributed by atoms with Crippen molar-refractivity contribution in [3.8, 4) is 0 Å². The Kier molecular flexibility index (Phi) is 4.67. The zero-order valence-corrected chi connectivity index (χ0v) is 12.4. The highest BCUT2D eigenvalue weighted by atomic mass is 16.5. The topological polar surface area (TPSA) is 29.5 Å². The van der Waals surface area contributed by atoms with E-state index in [0.29, 0.717) is 12.1 Å². The van der Waals surface area contributed by atoms with Crippen LogP contribution in [0.2, 0.25) is 0 Å². The molecule has 2 rings (SSSR count). The van der Waals surface area contributed by atoms with Gasteiger partial charge in [-0.15, -0.1) is 0 Å². The quantitative estimate of drug-likeness (QED) is 0.690. The van der Waals surface area contributed by atoms with Gasteiger partial charge in [-0.2, -0.15) is 0 Å². The molecule has 2 aliphatic carbocycles. The molecular formula is C16H27NO2. The van der Waals surface area contributed by atoms with Crippen LogP contribution in [0.3, 0.4) is 0 Å². The van der Waals surface area contributed by atoms with Crippen molar-refractivity contribution in [1.82, 2.24) is 4.90 Å². The van der Waals surface area contributed by atoms with Crippen molar-refractivity contribution in [2.45, 2.75) is 64.5 Å². The number of hydrogen-bond acceptors (Lipinski definition) is 2. The summed E-state index contributed by atoms with van der Waals surface area (Å²) in [6, 6.07) is 0.372. The van der Waals surface area contributed by atoms with Gasteiger partial charge < -0.3 is 9.64 Å². The third-order valence-corrected chi connectivity index (χ3v) is 4.94. The molecule has 3 nitrogen and oxygen atoms in total. The molecule has 2 saturated carbocycles. The van der Waals surface area contributed by atoms with Gasteiger partial charge in [0.1, 0.15) is 0 Å². The Morgan fingerprint density at radius 1 is 1.42 bits per heavy atom. The summed E-state index contributed by atoms with van der Waals surface area (Å²) >= 11 is 0. The van der Waals surface area contributed by atoms with Crippen LogP contribution in [0.5, 0.6) is 0 Å². The molecule has 19 heavy (non-hydrogen) atoms. The largest absolute Gasteiger partial charge is 0.378 e. The number of amides is 1. The molecule has 2 fully saturated rings. The minimum absolute atomic E-state index is 0.0908. The molecule has 2 atom stereocenters. The molecular weight excluding hydrogens is 238 g/mol. The SMILES string of the molecule is C=CC(=O)N(CCC)[C@@H]1C[C@@H](OCC)C12CCCC2. The second kappa shape index (κ2) is 6.08. The van der Waals surface area contributed by atoms with E-state index in [4.69, 9.17) is 4.74 Å². The number of ether oxygens (including phenoxy) is 1. The molecule has 3 heteroatoms. The molecule has 1 amide bonds. The molecule has 1 spiro atoms. The average molecular weight is 265 g/mol. The van der Waals surface area contributed by atoms with Crippen LogP contribution in [0.1, 0.15) is 52.4 Å². The van der Waals surface area contributed by atoms with E-state index in [0.717, 1.165) is 26.0 Å². The van der Waals surface area contributed by atoms with E-state index in [1.165, 1.54) is 31.8 Å². The molecule has 0 radical (unpaired) electrons. The van der Waals surface area contributed by atoms with Gasteiger partial charge in [-0.25, -0.2) is 0 Å². The fourth-order valence-electron chi connectivity index (χ4n) is 4.07. The molecule has 0 aromatic heterocycles. The molecule has 0 aromatic carbocycles. The van der Waals surface area contributed by atoms with Gasteiger partial charge in [-0.3, -0.25) is 4.79 Å². The molecule has 0 N–H and O–H groups in total. The Labute approximate surface area is 117 Å². The lowest BCUT2D eigenvalue weighted by Crippen LogP contribution is -2.64. The predicted octanol–water partition coefficient (Wildman–Crippen LogP) is 3.15. The second-order valence-corrected chi connectivity index (χ2v) is 5.87. The zero-order valence-electron chi connectivity index (χ0n) is 12.4. The van der Waals surface area contributed by atoms with E-state index in [2.05, 4.69) is 20.4 Å². The molecule has 0 aromatic rings. The first kappa shape index (κ1) is 14.6. The second-order valence-electron chi connectivity index (χ2n) is 5.87. The van der Waals surface area contributed by atoms with Crippen LogP contribution in [-0.4, -0.2) is 36.1 Å². The van der Waals surface area contributed by atoms with Crippen molar-refractivity contribution >= 4 is 5.91 Å². The minimum Gasteiger partial charge on any atom is -0.378 e. The molecule has 0 unspecified atom stereocenters. The monoisotopic (exact) mass is 265 g/mol. The maximum absolute atomic E-state index is 12.1. The highest BCUT2D eigenvalue weighted by Crippen LogP contribution is 2.56. The fourth-order valence-corrected chi connectivity index (χ4v) is 4.07.